The van der Waals surface area contributed by atoms with E-state index in [0.29, 0.717) is 17.2 Å². The summed E-state index contributed by atoms with van der Waals surface area (Å²) in [4.78, 5) is 51.4. The molecule has 1 N–H and O–H groups in total. The minimum absolute atomic E-state index is 0.0668. The number of rotatable bonds is 7. The number of likely N-dealkylation sites (tertiary alicyclic amines) is 1. The summed E-state index contributed by atoms with van der Waals surface area (Å²) in [5, 5.41) is 2.59. The molecular weight excluding hydrogens is 552 g/mol. The third-order valence-electron chi connectivity index (χ3n) is 6.41. The number of hydrogen-bond acceptors (Lipinski definition) is 7. The average molecular weight is 574 g/mol. The second-order valence-corrected chi connectivity index (χ2v) is 10.2. The van der Waals surface area contributed by atoms with Crippen LogP contribution in [0.5, 0.6) is 11.5 Å². The molecule has 2 bridgehead atoms. The number of anilines is 1. The third-order valence-corrected chi connectivity index (χ3v) is 9.62. The van der Waals surface area contributed by atoms with Gasteiger partial charge in [-0.3, -0.25) is 24.1 Å². The molecule has 1 aliphatic heterocycles. The van der Waals surface area contributed by atoms with Crippen molar-refractivity contribution in [2.75, 3.05) is 32.7 Å². The van der Waals surface area contributed by atoms with E-state index in [2.05, 4.69) is 37.2 Å². The Labute approximate surface area is 201 Å². The van der Waals surface area contributed by atoms with Gasteiger partial charge in [-0.05, 0) is 30.4 Å². The zero-order valence-electron chi connectivity index (χ0n) is 17.4. The van der Waals surface area contributed by atoms with E-state index >= 15 is 0 Å². The van der Waals surface area contributed by atoms with Crippen LogP contribution in [-0.4, -0.2) is 65.6 Å². The number of halogens is 2. The van der Waals surface area contributed by atoms with Crippen LogP contribution in [0.25, 0.3) is 0 Å². The highest BCUT2D eigenvalue weighted by atomic mass is 79.9. The predicted octanol–water partition coefficient (Wildman–Crippen LogP) is 1.96. The highest BCUT2D eigenvalue weighted by Crippen LogP contribution is 2.60. The molecule has 1 heterocycles. The molecule has 0 unspecified atom stereocenters. The number of nitrogens with zero attached hydrogens (tertiary/aromatic N) is 1. The zero-order chi connectivity index (χ0) is 23.2. The van der Waals surface area contributed by atoms with Gasteiger partial charge < -0.3 is 19.5 Å². The molecule has 6 atom stereocenters. The standard InChI is InChI=1S/C21H22Br2N2O7/c1-30-9-3-4-12(13(5-9)31-2)24-14(26)8-32-15(27)7-25-20(28)16-10-6-11(17(16)21(25)29)19(23)18(10)22/h3-5,10-11,16-19H,6-8H2,1-2H3,(H,24,26)/t10-,11-,16-,17+,18-,19+/m1/s1. The number of imide groups is 1. The van der Waals surface area contributed by atoms with Gasteiger partial charge in [-0.25, -0.2) is 0 Å². The van der Waals surface area contributed by atoms with Crippen molar-refractivity contribution in [1.82, 2.24) is 4.90 Å². The number of carbonyl (C=O) groups excluding carboxylic acids is 4. The molecule has 2 aliphatic carbocycles. The van der Waals surface area contributed by atoms with Crippen LogP contribution in [0.15, 0.2) is 18.2 Å². The molecule has 2 saturated carbocycles. The first-order valence-electron chi connectivity index (χ1n) is 10.1. The van der Waals surface area contributed by atoms with Gasteiger partial charge in [0.25, 0.3) is 5.91 Å². The van der Waals surface area contributed by atoms with Gasteiger partial charge in [-0.1, -0.05) is 31.9 Å². The fraction of sp³-hybridized carbons (Fsp3) is 0.524. The van der Waals surface area contributed by atoms with Gasteiger partial charge in [-0.2, -0.15) is 0 Å². The van der Waals surface area contributed by atoms with Crippen molar-refractivity contribution in [1.29, 1.82) is 0 Å². The summed E-state index contributed by atoms with van der Waals surface area (Å²) in [6.07, 6.45) is 0.811. The summed E-state index contributed by atoms with van der Waals surface area (Å²) >= 11 is 7.24. The predicted molar refractivity (Wildman–Crippen MR) is 120 cm³/mol. The van der Waals surface area contributed by atoms with Crippen molar-refractivity contribution >= 4 is 61.2 Å². The molecule has 3 fully saturated rings. The molecule has 3 aliphatic rings. The average Bonchev–Trinajstić information content (AvgIpc) is 3.39. The number of esters is 1. The van der Waals surface area contributed by atoms with Crippen LogP contribution in [0.2, 0.25) is 0 Å². The number of hydrogen-bond donors (Lipinski definition) is 1. The Morgan fingerprint density at radius 3 is 2.25 bits per heavy atom. The molecular formula is C21H22Br2N2O7. The molecule has 0 spiro atoms. The van der Waals surface area contributed by atoms with Crippen LogP contribution in [0.4, 0.5) is 5.69 Å². The third kappa shape index (κ3) is 3.89. The molecule has 0 aromatic heterocycles. The van der Waals surface area contributed by atoms with E-state index in [1.807, 2.05) is 0 Å². The Hall–Kier alpha value is -2.14. The quantitative estimate of drug-likeness (QED) is 0.301. The van der Waals surface area contributed by atoms with E-state index in [4.69, 9.17) is 14.2 Å². The van der Waals surface area contributed by atoms with E-state index in [-0.39, 0.29) is 33.3 Å². The van der Waals surface area contributed by atoms with E-state index in [1.54, 1.807) is 18.2 Å². The van der Waals surface area contributed by atoms with Crippen LogP contribution >= 0.6 is 31.9 Å². The fourth-order valence-electron chi connectivity index (χ4n) is 4.98. The summed E-state index contributed by atoms with van der Waals surface area (Å²) in [6, 6.07) is 4.85. The lowest BCUT2D eigenvalue weighted by molar-refractivity contribution is -0.154. The number of nitrogens with one attached hydrogen (secondary N) is 1. The van der Waals surface area contributed by atoms with Crippen molar-refractivity contribution < 1.29 is 33.4 Å². The van der Waals surface area contributed by atoms with Crippen molar-refractivity contribution in [2.45, 2.75) is 16.1 Å². The number of fused-ring (bicyclic) bond motifs is 5. The largest absolute Gasteiger partial charge is 0.497 e. The normalized spacial score (nSPS) is 30.3. The highest BCUT2D eigenvalue weighted by Gasteiger charge is 2.66. The van der Waals surface area contributed by atoms with Gasteiger partial charge in [0.1, 0.15) is 18.0 Å². The maximum Gasteiger partial charge on any atom is 0.326 e. The summed E-state index contributed by atoms with van der Waals surface area (Å²) in [6.45, 7) is -1.06. The Morgan fingerprint density at radius 1 is 1.06 bits per heavy atom. The lowest BCUT2D eigenvalue weighted by Gasteiger charge is -2.28. The van der Waals surface area contributed by atoms with Gasteiger partial charge >= 0.3 is 5.97 Å². The summed E-state index contributed by atoms with van der Waals surface area (Å²) < 4.78 is 15.3. The molecule has 11 heteroatoms. The molecule has 32 heavy (non-hydrogen) atoms. The van der Waals surface area contributed by atoms with Crippen molar-refractivity contribution in [3.05, 3.63) is 18.2 Å². The highest BCUT2D eigenvalue weighted by molar-refractivity contribution is 9.12. The SMILES string of the molecule is COc1ccc(NC(=O)COC(=O)CN2C(=O)[C@@H]3[C@H]4C[C@@H]([C@H](Br)[C@@H]4Br)[C@@H]3C2=O)c(OC)c1. The topological polar surface area (TPSA) is 111 Å². The second kappa shape index (κ2) is 9.01. The summed E-state index contributed by atoms with van der Waals surface area (Å²) in [5.41, 5.74) is 0.385. The van der Waals surface area contributed by atoms with Gasteiger partial charge in [0.15, 0.2) is 6.61 Å². The summed E-state index contributed by atoms with van der Waals surface area (Å²) in [7, 11) is 2.96. The minimum atomic E-state index is -0.818. The van der Waals surface area contributed by atoms with Gasteiger partial charge in [-0.15, -0.1) is 0 Å². The van der Waals surface area contributed by atoms with Gasteiger partial charge in [0.05, 0.1) is 31.7 Å². The first-order valence-corrected chi connectivity index (χ1v) is 11.9. The van der Waals surface area contributed by atoms with E-state index < -0.39 is 36.9 Å². The van der Waals surface area contributed by atoms with Crippen LogP contribution in [0.1, 0.15) is 6.42 Å². The Morgan fingerprint density at radius 2 is 1.69 bits per heavy atom. The molecule has 1 aromatic rings. The Balaban J connectivity index is 1.32. The molecule has 9 nitrogen and oxygen atoms in total. The van der Waals surface area contributed by atoms with Crippen molar-refractivity contribution in [3.63, 3.8) is 0 Å². The molecule has 1 aromatic carbocycles. The minimum Gasteiger partial charge on any atom is -0.497 e. The van der Waals surface area contributed by atoms with Crippen molar-refractivity contribution in [3.8, 4) is 11.5 Å². The first kappa shape index (κ1) is 23.0. The second-order valence-electron chi connectivity index (χ2n) is 8.04. The maximum absolute atomic E-state index is 12.8. The van der Waals surface area contributed by atoms with Gasteiger partial charge in [0, 0.05) is 15.7 Å². The first-order chi connectivity index (χ1) is 15.3. The Kier molecular flexibility index (Phi) is 6.49. The number of alkyl halides is 2. The summed E-state index contributed by atoms with van der Waals surface area (Å²) in [5.74, 6) is -1.79. The molecule has 0 radical (unpaired) electrons. The van der Waals surface area contributed by atoms with Crippen LogP contribution in [-0.2, 0) is 23.9 Å². The number of amides is 3. The number of carbonyl (C=O) groups is 4. The maximum atomic E-state index is 12.8. The van der Waals surface area contributed by atoms with Gasteiger partial charge in [0.2, 0.25) is 11.8 Å². The van der Waals surface area contributed by atoms with E-state index in [9.17, 15) is 19.2 Å². The van der Waals surface area contributed by atoms with Crippen LogP contribution in [0, 0.1) is 23.7 Å². The number of methoxy groups -OCH3 is 2. The lowest BCUT2D eigenvalue weighted by Crippen LogP contribution is -2.38. The molecule has 4 rings (SSSR count). The van der Waals surface area contributed by atoms with E-state index in [1.165, 1.54) is 14.2 Å². The Bertz CT molecular complexity index is 939. The number of benzene rings is 1. The molecule has 172 valence electrons. The lowest BCUT2D eigenvalue weighted by atomic mass is 9.81. The molecule has 1 saturated heterocycles. The smallest absolute Gasteiger partial charge is 0.326 e. The van der Waals surface area contributed by atoms with Crippen LogP contribution in [0.3, 0.4) is 0 Å². The van der Waals surface area contributed by atoms with E-state index in [0.717, 1.165) is 11.3 Å². The van der Waals surface area contributed by atoms with Crippen molar-refractivity contribution in [2.24, 2.45) is 23.7 Å². The monoisotopic (exact) mass is 572 g/mol. The molecule has 3 amide bonds. The number of ether oxygens (including phenoxy) is 3. The van der Waals surface area contributed by atoms with Crippen LogP contribution < -0.4 is 14.8 Å². The zero-order valence-corrected chi connectivity index (χ0v) is 20.6. The fourth-order valence-corrected chi connectivity index (χ4v) is 6.85.